The van der Waals surface area contributed by atoms with Gasteiger partial charge in [-0.15, -0.1) is 0 Å². The second-order valence-electron chi connectivity index (χ2n) is 10.2. The summed E-state index contributed by atoms with van der Waals surface area (Å²) in [6.07, 6.45) is 8.87. The van der Waals surface area contributed by atoms with Crippen molar-refractivity contribution in [1.82, 2.24) is 0 Å². The number of carbonyl (C=O) groups is 1. The maximum Gasteiger partial charge on any atom is 0.306 e. The number of fused-ring (bicyclic) bond motifs is 5. The molecule has 0 aromatic carbocycles. The summed E-state index contributed by atoms with van der Waals surface area (Å²) < 4.78 is 0. The fourth-order valence-corrected chi connectivity index (χ4v) is 7.89. The standard InChI is InChI=1S/C21H34O4/c1-19-8-5-14(22)11-13(19)3-4-15-16(19)6-9-20(2)17(15)7-10-21(20,25)12-18(23)24/h13-17,22,25H,3-12H2,1-2H3,(H,23,24)/t13-,14-,15+,16-,17-,19-,20-,21+/m0/s1. The Morgan fingerprint density at radius 3 is 2.44 bits per heavy atom. The van der Waals surface area contributed by atoms with Gasteiger partial charge < -0.3 is 15.3 Å². The van der Waals surface area contributed by atoms with Crippen LogP contribution in [-0.4, -0.2) is 33.0 Å². The van der Waals surface area contributed by atoms with E-state index in [9.17, 15) is 20.1 Å². The van der Waals surface area contributed by atoms with E-state index in [0.717, 1.165) is 38.5 Å². The predicted molar refractivity (Wildman–Crippen MR) is 94.9 cm³/mol. The van der Waals surface area contributed by atoms with Crippen molar-refractivity contribution in [2.45, 2.75) is 89.8 Å². The van der Waals surface area contributed by atoms with E-state index < -0.39 is 11.6 Å². The molecule has 4 aliphatic rings. The number of aliphatic hydroxyl groups is 2. The van der Waals surface area contributed by atoms with Crippen LogP contribution in [0, 0.1) is 34.5 Å². The molecule has 0 aliphatic heterocycles. The molecule has 0 radical (unpaired) electrons. The lowest BCUT2D eigenvalue weighted by molar-refractivity contribution is -0.170. The summed E-state index contributed by atoms with van der Waals surface area (Å²) in [4.78, 5) is 11.3. The maximum absolute atomic E-state index is 11.3. The summed E-state index contributed by atoms with van der Waals surface area (Å²) in [6.45, 7) is 4.63. The minimum atomic E-state index is -1.03. The van der Waals surface area contributed by atoms with Gasteiger partial charge in [0.15, 0.2) is 0 Å². The highest BCUT2D eigenvalue weighted by Crippen LogP contribution is 2.68. The lowest BCUT2D eigenvalue weighted by Crippen LogP contribution is -2.57. The molecule has 0 saturated heterocycles. The third-order valence-electron chi connectivity index (χ3n) is 9.40. The molecule has 142 valence electrons. The third kappa shape index (κ3) is 2.43. The summed E-state index contributed by atoms with van der Waals surface area (Å²) in [5.41, 5.74) is -0.949. The number of aliphatic carboxylic acids is 1. The van der Waals surface area contributed by atoms with E-state index in [1.54, 1.807) is 0 Å². The van der Waals surface area contributed by atoms with Crippen LogP contribution in [0.25, 0.3) is 0 Å². The Kier molecular flexibility index (Phi) is 4.05. The molecule has 4 aliphatic carbocycles. The van der Waals surface area contributed by atoms with Crippen molar-refractivity contribution in [2.24, 2.45) is 34.5 Å². The van der Waals surface area contributed by atoms with Crippen molar-refractivity contribution in [3.8, 4) is 0 Å². The zero-order valence-corrected chi connectivity index (χ0v) is 15.7. The lowest BCUT2D eigenvalue weighted by atomic mass is 9.44. The monoisotopic (exact) mass is 350 g/mol. The quantitative estimate of drug-likeness (QED) is 0.711. The molecule has 0 spiro atoms. The second-order valence-corrected chi connectivity index (χ2v) is 10.2. The van der Waals surface area contributed by atoms with Gasteiger partial charge in [0.1, 0.15) is 0 Å². The number of aliphatic hydroxyl groups excluding tert-OH is 1. The van der Waals surface area contributed by atoms with Crippen molar-refractivity contribution in [1.29, 1.82) is 0 Å². The molecule has 8 atom stereocenters. The van der Waals surface area contributed by atoms with Crippen LogP contribution in [0.3, 0.4) is 0 Å². The highest BCUT2D eigenvalue weighted by atomic mass is 16.4. The van der Waals surface area contributed by atoms with E-state index in [1.165, 1.54) is 12.8 Å². The van der Waals surface area contributed by atoms with Crippen molar-refractivity contribution in [3.05, 3.63) is 0 Å². The number of carboxylic acids is 1. The number of hydrogen-bond donors (Lipinski definition) is 3. The first-order chi connectivity index (χ1) is 11.7. The van der Waals surface area contributed by atoms with Gasteiger partial charge in [-0.1, -0.05) is 13.8 Å². The van der Waals surface area contributed by atoms with Crippen molar-refractivity contribution < 1.29 is 20.1 Å². The maximum atomic E-state index is 11.3. The van der Waals surface area contributed by atoms with Crippen LogP contribution in [0.5, 0.6) is 0 Å². The van der Waals surface area contributed by atoms with Crippen LogP contribution in [-0.2, 0) is 4.79 Å². The molecule has 4 rings (SSSR count). The Balaban J connectivity index is 1.61. The van der Waals surface area contributed by atoms with Crippen LogP contribution >= 0.6 is 0 Å². The first-order valence-corrected chi connectivity index (χ1v) is 10.3. The van der Waals surface area contributed by atoms with Crippen LogP contribution in [0.4, 0.5) is 0 Å². The van der Waals surface area contributed by atoms with Gasteiger partial charge in [-0.25, -0.2) is 0 Å². The van der Waals surface area contributed by atoms with Crippen LogP contribution < -0.4 is 0 Å². The normalized spacial score (nSPS) is 55.1. The minimum Gasteiger partial charge on any atom is -0.481 e. The Bertz CT molecular complexity index is 562. The van der Waals surface area contributed by atoms with E-state index >= 15 is 0 Å². The van der Waals surface area contributed by atoms with Gasteiger partial charge in [0.05, 0.1) is 18.1 Å². The summed E-state index contributed by atoms with van der Waals surface area (Å²) in [6, 6.07) is 0. The zero-order valence-electron chi connectivity index (χ0n) is 15.7. The van der Waals surface area contributed by atoms with Gasteiger partial charge >= 0.3 is 5.97 Å². The lowest BCUT2D eigenvalue weighted by Gasteiger charge is -2.61. The molecule has 4 fully saturated rings. The average Bonchev–Trinajstić information content (AvgIpc) is 2.79. The van der Waals surface area contributed by atoms with Gasteiger partial charge in [0, 0.05) is 0 Å². The molecular formula is C21H34O4. The van der Waals surface area contributed by atoms with E-state index in [-0.39, 0.29) is 17.9 Å². The largest absolute Gasteiger partial charge is 0.481 e. The molecule has 0 bridgehead atoms. The highest BCUT2D eigenvalue weighted by molar-refractivity contribution is 5.68. The Labute approximate surface area is 151 Å². The highest BCUT2D eigenvalue weighted by Gasteiger charge is 2.64. The Morgan fingerprint density at radius 1 is 1.00 bits per heavy atom. The summed E-state index contributed by atoms with van der Waals surface area (Å²) in [7, 11) is 0. The SMILES string of the molecule is C[C@]12CC[C@H](O)C[C@@H]1CC[C@@H]1[C@@H]2CC[C@@]2(C)[C@H]1CC[C@@]2(O)CC(=O)O. The van der Waals surface area contributed by atoms with E-state index in [4.69, 9.17) is 0 Å². The zero-order chi connectivity index (χ0) is 18.0. The van der Waals surface area contributed by atoms with Crippen LogP contribution in [0.1, 0.15) is 78.1 Å². The van der Waals surface area contributed by atoms with Crippen molar-refractivity contribution in [3.63, 3.8) is 0 Å². The molecule has 0 aromatic rings. The van der Waals surface area contributed by atoms with Gasteiger partial charge in [-0.05, 0) is 92.3 Å². The van der Waals surface area contributed by atoms with Gasteiger partial charge in [-0.3, -0.25) is 4.79 Å². The van der Waals surface area contributed by atoms with Gasteiger partial charge in [-0.2, -0.15) is 0 Å². The van der Waals surface area contributed by atoms with Gasteiger partial charge in [0.25, 0.3) is 0 Å². The molecule has 0 unspecified atom stereocenters. The Hall–Kier alpha value is -0.610. The first-order valence-electron chi connectivity index (χ1n) is 10.3. The number of rotatable bonds is 2. The van der Waals surface area contributed by atoms with Crippen molar-refractivity contribution in [2.75, 3.05) is 0 Å². The third-order valence-corrected chi connectivity index (χ3v) is 9.40. The number of carboxylic acid groups (broad SMARTS) is 1. The molecule has 4 nitrogen and oxygen atoms in total. The molecule has 0 aromatic heterocycles. The first kappa shape index (κ1) is 17.8. The predicted octanol–water partition coefficient (Wildman–Crippen LogP) is 3.60. The molecule has 4 heteroatoms. The summed E-state index contributed by atoms with van der Waals surface area (Å²) >= 11 is 0. The molecule has 4 saturated carbocycles. The molecule has 0 heterocycles. The summed E-state index contributed by atoms with van der Waals surface area (Å²) in [5, 5.41) is 30.7. The Morgan fingerprint density at radius 2 is 1.72 bits per heavy atom. The van der Waals surface area contributed by atoms with E-state index in [1.807, 2.05) is 0 Å². The van der Waals surface area contributed by atoms with Crippen molar-refractivity contribution >= 4 is 5.97 Å². The second kappa shape index (κ2) is 5.69. The summed E-state index contributed by atoms with van der Waals surface area (Å²) in [5.74, 6) is 1.53. The molecular weight excluding hydrogens is 316 g/mol. The number of hydrogen-bond acceptors (Lipinski definition) is 3. The fraction of sp³-hybridized carbons (Fsp3) is 0.952. The topological polar surface area (TPSA) is 77.8 Å². The molecule has 25 heavy (non-hydrogen) atoms. The van der Waals surface area contributed by atoms with E-state index in [0.29, 0.717) is 35.5 Å². The van der Waals surface area contributed by atoms with Gasteiger partial charge in [0.2, 0.25) is 0 Å². The average molecular weight is 350 g/mol. The van der Waals surface area contributed by atoms with Crippen LogP contribution in [0.2, 0.25) is 0 Å². The van der Waals surface area contributed by atoms with Crippen LogP contribution in [0.15, 0.2) is 0 Å². The molecule has 0 amide bonds. The molecule has 3 N–H and O–H groups in total. The fourth-order valence-electron chi connectivity index (χ4n) is 7.89. The van der Waals surface area contributed by atoms with E-state index in [2.05, 4.69) is 13.8 Å². The minimum absolute atomic E-state index is 0.108. The smallest absolute Gasteiger partial charge is 0.306 e.